The Bertz CT molecular complexity index is 496. The van der Waals surface area contributed by atoms with Crippen molar-refractivity contribution in [3.8, 4) is 6.07 Å². The van der Waals surface area contributed by atoms with Gasteiger partial charge in [0.15, 0.2) is 0 Å². The standard InChI is InChI=1S/C12H11ClN2O2/c1-8-2-3-9(13)6-11(8)15-10(7-14)4-5-17-12(15)16/h2-3,6,10H,4-5H2,1H3. The third-order valence-electron chi connectivity index (χ3n) is 2.70. The van der Waals surface area contributed by atoms with E-state index in [0.717, 1.165) is 5.56 Å². The number of nitrogens with zero attached hydrogens (tertiary/aromatic N) is 2. The van der Waals surface area contributed by atoms with Crippen LogP contribution in [0.5, 0.6) is 0 Å². The van der Waals surface area contributed by atoms with Crippen LogP contribution in [0.25, 0.3) is 0 Å². The van der Waals surface area contributed by atoms with Crippen molar-refractivity contribution in [2.75, 3.05) is 11.5 Å². The van der Waals surface area contributed by atoms with Crippen molar-refractivity contribution in [2.24, 2.45) is 0 Å². The molecule has 0 spiro atoms. The van der Waals surface area contributed by atoms with Gasteiger partial charge in [0.2, 0.25) is 0 Å². The van der Waals surface area contributed by atoms with Gasteiger partial charge in [-0.1, -0.05) is 17.7 Å². The molecule has 0 N–H and O–H groups in total. The number of hydrogen-bond donors (Lipinski definition) is 0. The maximum atomic E-state index is 11.7. The summed E-state index contributed by atoms with van der Waals surface area (Å²) < 4.78 is 4.96. The van der Waals surface area contributed by atoms with Crippen molar-refractivity contribution in [2.45, 2.75) is 19.4 Å². The Morgan fingerprint density at radius 1 is 1.59 bits per heavy atom. The van der Waals surface area contributed by atoms with Gasteiger partial charge in [0, 0.05) is 11.4 Å². The molecule has 1 aromatic carbocycles. The first-order valence-electron chi connectivity index (χ1n) is 5.25. The van der Waals surface area contributed by atoms with Crippen molar-refractivity contribution in [3.63, 3.8) is 0 Å². The third-order valence-corrected chi connectivity index (χ3v) is 2.94. The molecular weight excluding hydrogens is 240 g/mol. The highest BCUT2D eigenvalue weighted by Crippen LogP contribution is 2.29. The maximum absolute atomic E-state index is 11.7. The summed E-state index contributed by atoms with van der Waals surface area (Å²) >= 11 is 5.91. The van der Waals surface area contributed by atoms with Crippen molar-refractivity contribution < 1.29 is 9.53 Å². The molecule has 1 fully saturated rings. The number of ether oxygens (including phenoxy) is 1. The SMILES string of the molecule is Cc1ccc(Cl)cc1N1C(=O)OCCC1C#N. The van der Waals surface area contributed by atoms with Gasteiger partial charge in [0.1, 0.15) is 6.04 Å². The summed E-state index contributed by atoms with van der Waals surface area (Å²) in [5.74, 6) is 0. The molecule has 0 radical (unpaired) electrons. The number of rotatable bonds is 1. The summed E-state index contributed by atoms with van der Waals surface area (Å²) in [7, 11) is 0. The molecule has 0 bridgehead atoms. The number of aryl methyl sites for hydroxylation is 1. The van der Waals surface area contributed by atoms with Gasteiger partial charge in [-0.15, -0.1) is 0 Å². The zero-order chi connectivity index (χ0) is 12.4. The topological polar surface area (TPSA) is 53.3 Å². The molecule has 0 saturated carbocycles. The highest BCUT2D eigenvalue weighted by molar-refractivity contribution is 6.31. The molecule has 1 saturated heterocycles. The Balaban J connectivity index is 2.45. The Labute approximate surface area is 104 Å². The van der Waals surface area contributed by atoms with Gasteiger partial charge in [0.25, 0.3) is 0 Å². The minimum Gasteiger partial charge on any atom is -0.449 e. The van der Waals surface area contributed by atoms with E-state index in [1.807, 2.05) is 13.0 Å². The van der Waals surface area contributed by atoms with Crippen LogP contribution in [0.4, 0.5) is 10.5 Å². The van der Waals surface area contributed by atoms with Gasteiger partial charge >= 0.3 is 6.09 Å². The number of anilines is 1. The van der Waals surface area contributed by atoms with Crippen LogP contribution in [0.15, 0.2) is 18.2 Å². The fraction of sp³-hybridized carbons (Fsp3) is 0.333. The lowest BCUT2D eigenvalue weighted by molar-refractivity contribution is 0.134. The van der Waals surface area contributed by atoms with Gasteiger partial charge in [-0.05, 0) is 24.6 Å². The van der Waals surface area contributed by atoms with E-state index in [4.69, 9.17) is 21.6 Å². The normalized spacial score (nSPS) is 19.7. The average molecular weight is 251 g/mol. The van der Waals surface area contributed by atoms with Crippen LogP contribution < -0.4 is 4.90 Å². The van der Waals surface area contributed by atoms with Crippen molar-refractivity contribution >= 4 is 23.4 Å². The Morgan fingerprint density at radius 2 is 2.35 bits per heavy atom. The number of carbonyl (C=O) groups is 1. The average Bonchev–Trinajstić information content (AvgIpc) is 2.32. The first-order chi connectivity index (χ1) is 8.13. The van der Waals surface area contributed by atoms with Crippen LogP contribution >= 0.6 is 11.6 Å². The molecule has 1 aliphatic heterocycles. The molecular formula is C12H11ClN2O2. The molecule has 1 heterocycles. The monoisotopic (exact) mass is 250 g/mol. The summed E-state index contributed by atoms with van der Waals surface area (Å²) in [5.41, 5.74) is 1.52. The van der Waals surface area contributed by atoms with E-state index < -0.39 is 12.1 Å². The number of hydrogen-bond acceptors (Lipinski definition) is 3. The van der Waals surface area contributed by atoms with Gasteiger partial charge in [0.05, 0.1) is 18.4 Å². The molecule has 5 heteroatoms. The number of nitriles is 1. The minimum atomic E-state index is -0.492. The Kier molecular flexibility index (Phi) is 3.21. The van der Waals surface area contributed by atoms with Gasteiger partial charge in [-0.2, -0.15) is 5.26 Å². The number of carbonyl (C=O) groups excluding carboxylic acids is 1. The highest BCUT2D eigenvalue weighted by atomic mass is 35.5. The van der Waals surface area contributed by atoms with E-state index in [0.29, 0.717) is 17.1 Å². The fourth-order valence-electron chi connectivity index (χ4n) is 1.81. The number of amides is 1. The molecule has 88 valence electrons. The second kappa shape index (κ2) is 4.64. The van der Waals surface area contributed by atoms with Crippen LogP contribution in [0, 0.1) is 18.3 Å². The summed E-state index contributed by atoms with van der Waals surface area (Å²) in [6, 6.07) is 6.85. The summed E-state index contributed by atoms with van der Waals surface area (Å²) in [5, 5.41) is 9.60. The number of cyclic esters (lactones) is 1. The molecule has 1 amide bonds. The van der Waals surface area contributed by atoms with Gasteiger partial charge < -0.3 is 4.74 Å². The third kappa shape index (κ3) is 2.20. The first-order valence-corrected chi connectivity index (χ1v) is 5.63. The highest BCUT2D eigenvalue weighted by Gasteiger charge is 2.31. The first kappa shape index (κ1) is 11.7. The summed E-state index contributed by atoms with van der Waals surface area (Å²) in [6.45, 7) is 2.15. The molecule has 1 atom stereocenters. The maximum Gasteiger partial charge on any atom is 0.415 e. The van der Waals surface area contributed by atoms with Crippen molar-refractivity contribution in [1.29, 1.82) is 5.26 Å². The quantitative estimate of drug-likeness (QED) is 0.770. The zero-order valence-corrected chi connectivity index (χ0v) is 10.1. The number of benzene rings is 1. The van der Waals surface area contributed by atoms with Crippen LogP contribution in [-0.4, -0.2) is 18.7 Å². The van der Waals surface area contributed by atoms with E-state index >= 15 is 0 Å². The van der Waals surface area contributed by atoms with Crippen molar-refractivity contribution in [3.05, 3.63) is 28.8 Å². The molecule has 0 aliphatic carbocycles. The second-order valence-electron chi connectivity index (χ2n) is 3.85. The fourth-order valence-corrected chi connectivity index (χ4v) is 1.98. The molecule has 1 unspecified atom stereocenters. The Morgan fingerprint density at radius 3 is 3.06 bits per heavy atom. The lowest BCUT2D eigenvalue weighted by atomic mass is 10.1. The molecule has 0 aromatic heterocycles. The summed E-state index contributed by atoms with van der Waals surface area (Å²) in [4.78, 5) is 13.1. The molecule has 4 nitrogen and oxygen atoms in total. The lowest BCUT2D eigenvalue weighted by Crippen LogP contribution is -2.45. The van der Waals surface area contributed by atoms with E-state index in [9.17, 15) is 4.79 Å². The second-order valence-corrected chi connectivity index (χ2v) is 4.29. The van der Waals surface area contributed by atoms with Crippen LogP contribution in [0.2, 0.25) is 5.02 Å². The molecule has 1 aromatic rings. The molecule has 17 heavy (non-hydrogen) atoms. The van der Waals surface area contributed by atoms with E-state index in [1.54, 1.807) is 12.1 Å². The molecule has 2 rings (SSSR count). The van der Waals surface area contributed by atoms with E-state index in [2.05, 4.69) is 6.07 Å². The van der Waals surface area contributed by atoms with Gasteiger partial charge in [-0.3, -0.25) is 4.90 Å². The van der Waals surface area contributed by atoms with E-state index in [-0.39, 0.29) is 6.61 Å². The van der Waals surface area contributed by atoms with Crippen LogP contribution in [0.3, 0.4) is 0 Å². The number of halogens is 1. The molecule has 1 aliphatic rings. The predicted molar refractivity (Wildman–Crippen MR) is 64.0 cm³/mol. The summed E-state index contributed by atoms with van der Waals surface area (Å²) in [6.07, 6.45) is 0.0157. The largest absolute Gasteiger partial charge is 0.449 e. The van der Waals surface area contributed by atoms with Crippen molar-refractivity contribution in [1.82, 2.24) is 0 Å². The smallest absolute Gasteiger partial charge is 0.415 e. The van der Waals surface area contributed by atoms with Gasteiger partial charge in [-0.25, -0.2) is 4.79 Å². The van der Waals surface area contributed by atoms with Crippen LogP contribution in [-0.2, 0) is 4.74 Å². The lowest BCUT2D eigenvalue weighted by Gasteiger charge is -2.31. The van der Waals surface area contributed by atoms with E-state index in [1.165, 1.54) is 4.90 Å². The van der Waals surface area contributed by atoms with Crippen LogP contribution in [0.1, 0.15) is 12.0 Å². The zero-order valence-electron chi connectivity index (χ0n) is 9.31. The minimum absolute atomic E-state index is 0.285. The Hall–Kier alpha value is -1.73. The predicted octanol–water partition coefficient (Wildman–Crippen LogP) is 2.89.